The van der Waals surface area contributed by atoms with Gasteiger partial charge in [0, 0.05) is 23.2 Å². The van der Waals surface area contributed by atoms with Crippen LogP contribution in [0.25, 0.3) is 0 Å². The maximum Gasteiger partial charge on any atom is 0.176 e. The predicted octanol–water partition coefficient (Wildman–Crippen LogP) is 3.83. The molecule has 1 N–H and O–H groups in total. The van der Waals surface area contributed by atoms with Crippen LogP contribution in [-0.2, 0) is 4.84 Å². The van der Waals surface area contributed by atoms with Crippen molar-refractivity contribution in [2.75, 3.05) is 13.2 Å². The summed E-state index contributed by atoms with van der Waals surface area (Å²) in [5, 5.41) is 6.62. The van der Waals surface area contributed by atoms with Crippen molar-refractivity contribution in [2.45, 2.75) is 32.4 Å². The van der Waals surface area contributed by atoms with Crippen molar-refractivity contribution in [1.82, 2.24) is 5.32 Å². The molecule has 0 spiro atoms. The van der Waals surface area contributed by atoms with Gasteiger partial charge >= 0.3 is 0 Å². The van der Waals surface area contributed by atoms with Crippen LogP contribution in [0.2, 0.25) is 10.0 Å². The van der Waals surface area contributed by atoms with Crippen LogP contribution in [0.3, 0.4) is 0 Å². The summed E-state index contributed by atoms with van der Waals surface area (Å²) in [6.07, 6.45) is -0.512. The third kappa shape index (κ3) is 6.41. The summed E-state index contributed by atoms with van der Waals surface area (Å²) in [6.45, 7) is 6.58. The number of benzene rings is 1. The van der Waals surface area contributed by atoms with E-state index in [9.17, 15) is 4.91 Å². The van der Waals surface area contributed by atoms with Crippen molar-refractivity contribution >= 4 is 23.2 Å². The Morgan fingerprint density at radius 3 is 2.65 bits per heavy atom. The average molecular weight is 321 g/mol. The molecule has 1 atom stereocenters. The Morgan fingerprint density at radius 1 is 1.35 bits per heavy atom. The zero-order valence-corrected chi connectivity index (χ0v) is 13.2. The molecule has 20 heavy (non-hydrogen) atoms. The third-order valence-corrected chi connectivity index (χ3v) is 2.92. The fraction of sp³-hybridized carbons (Fsp3) is 0.538. The highest BCUT2D eigenvalue weighted by atomic mass is 35.5. The molecule has 112 valence electrons. The smallest absolute Gasteiger partial charge is 0.176 e. The molecule has 0 aliphatic carbocycles. The summed E-state index contributed by atoms with van der Waals surface area (Å²) >= 11 is 11.8. The second-order valence-electron chi connectivity index (χ2n) is 5.32. The van der Waals surface area contributed by atoms with Gasteiger partial charge in [0.15, 0.2) is 11.4 Å². The second kappa shape index (κ2) is 7.67. The lowest BCUT2D eigenvalue weighted by molar-refractivity contribution is 0.0183. The van der Waals surface area contributed by atoms with Gasteiger partial charge in [-0.25, -0.2) is 0 Å². The number of halogens is 2. The second-order valence-corrected chi connectivity index (χ2v) is 6.16. The van der Waals surface area contributed by atoms with Crippen LogP contribution >= 0.6 is 23.2 Å². The van der Waals surface area contributed by atoms with Gasteiger partial charge in [-0.1, -0.05) is 23.2 Å². The molecule has 1 aromatic carbocycles. The van der Waals surface area contributed by atoms with Crippen molar-refractivity contribution in [1.29, 1.82) is 0 Å². The first-order chi connectivity index (χ1) is 9.31. The number of rotatable bonds is 7. The Hall–Kier alpha value is -1.04. The zero-order chi connectivity index (χ0) is 15.2. The fourth-order valence-corrected chi connectivity index (χ4v) is 1.71. The quantitative estimate of drug-likeness (QED) is 0.612. The van der Waals surface area contributed by atoms with Gasteiger partial charge in [0.1, 0.15) is 12.4 Å². The molecule has 0 aliphatic heterocycles. The highest BCUT2D eigenvalue weighted by Crippen LogP contribution is 2.27. The minimum Gasteiger partial charge on any atom is -0.488 e. The van der Waals surface area contributed by atoms with Crippen LogP contribution in [-0.4, -0.2) is 24.8 Å². The van der Waals surface area contributed by atoms with Gasteiger partial charge < -0.3 is 14.9 Å². The molecular formula is C13H18Cl2N2O3. The molecule has 7 heteroatoms. The fourth-order valence-electron chi connectivity index (χ4n) is 1.38. The van der Waals surface area contributed by atoms with Gasteiger partial charge in [0.25, 0.3) is 0 Å². The SMILES string of the molecule is CC(C)(C)NCC(COc1cc(Cl)ccc1Cl)ON=O. The number of nitrogens with one attached hydrogen (secondary N) is 1. The van der Waals surface area contributed by atoms with E-state index in [2.05, 4.69) is 10.7 Å². The van der Waals surface area contributed by atoms with Crippen molar-refractivity contribution in [3.63, 3.8) is 0 Å². The molecule has 0 aromatic heterocycles. The van der Waals surface area contributed by atoms with Gasteiger partial charge in [0.05, 0.1) is 5.02 Å². The summed E-state index contributed by atoms with van der Waals surface area (Å²) in [7, 11) is 0. The van der Waals surface area contributed by atoms with E-state index in [0.717, 1.165) is 0 Å². The molecule has 5 nitrogen and oxygen atoms in total. The van der Waals surface area contributed by atoms with Crippen LogP contribution in [0.4, 0.5) is 0 Å². The van der Waals surface area contributed by atoms with E-state index in [1.54, 1.807) is 18.2 Å². The monoisotopic (exact) mass is 320 g/mol. The van der Waals surface area contributed by atoms with Crippen molar-refractivity contribution in [3.8, 4) is 5.75 Å². The zero-order valence-electron chi connectivity index (χ0n) is 11.7. The van der Waals surface area contributed by atoms with Gasteiger partial charge in [-0.2, -0.15) is 0 Å². The number of ether oxygens (including phenoxy) is 1. The van der Waals surface area contributed by atoms with Gasteiger partial charge in [-0.05, 0) is 32.9 Å². The van der Waals surface area contributed by atoms with Crippen LogP contribution < -0.4 is 10.1 Å². The van der Waals surface area contributed by atoms with Gasteiger partial charge in [-0.15, -0.1) is 4.91 Å². The Bertz CT molecular complexity index is 450. The molecule has 0 fully saturated rings. The van der Waals surface area contributed by atoms with Crippen molar-refractivity contribution in [2.24, 2.45) is 5.34 Å². The highest BCUT2D eigenvalue weighted by Gasteiger charge is 2.17. The largest absolute Gasteiger partial charge is 0.488 e. The van der Waals surface area contributed by atoms with E-state index in [0.29, 0.717) is 22.3 Å². The van der Waals surface area contributed by atoms with Crippen LogP contribution in [0.1, 0.15) is 20.8 Å². The topological polar surface area (TPSA) is 59.9 Å². The van der Waals surface area contributed by atoms with E-state index < -0.39 is 6.10 Å². The number of nitrogens with zero attached hydrogens (tertiary/aromatic N) is 1. The lowest BCUT2D eigenvalue weighted by Gasteiger charge is -2.23. The summed E-state index contributed by atoms with van der Waals surface area (Å²) in [5.41, 5.74) is -0.0990. The van der Waals surface area contributed by atoms with E-state index in [1.165, 1.54) is 0 Å². The molecule has 1 unspecified atom stereocenters. The van der Waals surface area contributed by atoms with E-state index in [4.69, 9.17) is 32.8 Å². The Morgan fingerprint density at radius 2 is 2.05 bits per heavy atom. The molecule has 0 radical (unpaired) electrons. The minimum atomic E-state index is -0.512. The molecule has 0 amide bonds. The molecule has 0 aliphatic rings. The van der Waals surface area contributed by atoms with E-state index in [1.807, 2.05) is 20.8 Å². The average Bonchev–Trinajstić information content (AvgIpc) is 2.35. The van der Waals surface area contributed by atoms with Crippen LogP contribution in [0.15, 0.2) is 23.5 Å². The minimum absolute atomic E-state index is 0.0990. The van der Waals surface area contributed by atoms with Crippen molar-refractivity contribution in [3.05, 3.63) is 33.2 Å². The molecular weight excluding hydrogens is 303 g/mol. The Kier molecular flexibility index (Phi) is 6.52. The number of hydrogen-bond donors (Lipinski definition) is 1. The third-order valence-electron chi connectivity index (χ3n) is 2.37. The number of hydrogen-bond acceptors (Lipinski definition) is 5. The molecule has 0 bridgehead atoms. The van der Waals surface area contributed by atoms with Crippen LogP contribution in [0, 0.1) is 4.91 Å². The normalized spacial score (nSPS) is 12.8. The maximum atomic E-state index is 10.3. The maximum absolute atomic E-state index is 10.3. The predicted molar refractivity (Wildman–Crippen MR) is 80.4 cm³/mol. The Labute approximate surface area is 128 Å². The molecule has 0 heterocycles. The summed E-state index contributed by atoms with van der Waals surface area (Å²) in [6, 6.07) is 4.91. The van der Waals surface area contributed by atoms with Gasteiger partial charge in [-0.3, -0.25) is 0 Å². The summed E-state index contributed by atoms with van der Waals surface area (Å²) in [4.78, 5) is 15.0. The van der Waals surface area contributed by atoms with E-state index >= 15 is 0 Å². The molecule has 0 saturated carbocycles. The van der Waals surface area contributed by atoms with Gasteiger partial charge in [0.2, 0.25) is 0 Å². The van der Waals surface area contributed by atoms with E-state index in [-0.39, 0.29) is 12.1 Å². The lowest BCUT2D eigenvalue weighted by Crippen LogP contribution is -2.43. The molecule has 0 saturated heterocycles. The molecule has 1 aromatic rings. The lowest BCUT2D eigenvalue weighted by atomic mass is 10.1. The Balaban J connectivity index is 2.57. The van der Waals surface area contributed by atoms with Crippen LogP contribution in [0.5, 0.6) is 5.75 Å². The van der Waals surface area contributed by atoms with Crippen molar-refractivity contribution < 1.29 is 9.57 Å². The summed E-state index contributed by atoms with van der Waals surface area (Å²) < 4.78 is 5.52. The molecule has 1 rings (SSSR count). The first-order valence-electron chi connectivity index (χ1n) is 6.13. The standard InChI is InChI=1S/C13H18Cl2N2O3/c1-13(2,3)16-7-10(20-17-18)8-19-12-6-9(14)4-5-11(12)15/h4-6,10,16H,7-8H2,1-3H3. The first kappa shape index (κ1) is 17.0. The highest BCUT2D eigenvalue weighted by molar-refractivity contribution is 6.34. The summed E-state index contributed by atoms with van der Waals surface area (Å²) in [5.74, 6) is 0.439. The first-order valence-corrected chi connectivity index (χ1v) is 6.89.